The highest BCUT2D eigenvalue weighted by Gasteiger charge is 2.11. The fourth-order valence-corrected chi connectivity index (χ4v) is 2.66. The van der Waals surface area contributed by atoms with Crippen LogP contribution in [0.15, 0.2) is 46.9 Å². The number of hydrogen-bond donors (Lipinski definition) is 0. The molecule has 0 aliphatic carbocycles. The Balaban J connectivity index is 1.89. The predicted octanol–water partition coefficient (Wildman–Crippen LogP) is 4.15. The van der Waals surface area contributed by atoms with Crippen molar-refractivity contribution in [1.29, 1.82) is 0 Å². The van der Waals surface area contributed by atoms with Gasteiger partial charge in [-0.25, -0.2) is 0 Å². The molecule has 0 bridgehead atoms. The van der Waals surface area contributed by atoms with Crippen LogP contribution in [0.1, 0.15) is 5.56 Å². The molecule has 1 amide bonds. The van der Waals surface area contributed by atoms with Crippen molar-refractivity contribution in [2.24, 2.45) is 0 Å². The highest BCUT2D eigenvalue weighted by Crippen LogP contribution is 2.27. The molecule has 0 unspecified atom stereocenters. The van der Waals surface area contributed by atoms with E-state index in [2.05, 4.69) is 15.9 Å². The summed E-state index contributed by atoms with van der Waals surface area (Å²) in [7, 11) is 3.36. The van der Waals surface area contributed by atoms with E-state index < -0.39 is 0 Å². The van der Waals surface area contributed by atoms with Crippen LogP contribution >= 0.6 is 27.5 Å². The summed E-state index contributed by atoms with van der Waals surface area (Å²) in [5, 5.41) is 0.463. The topological polar surface area (TPSA) is 38.8 Å². The van der Waals surface area contributed by atoms with Crippen LogP contribution in [0.3, 0.4) is 0 Å². The van der Waals surface area contributed by atoms with Crippen LogP contribution in [-0.4, -0.2) is 31.6 Å². The maximum absolute atomic E-state index is 12.1. The Labute approximate surface area is 149 Å². The number of rotatable bonds is 6. The van der Waals surface area contributed by atoms with Gasteiger partial charge in [-0.05, 0) is 35.9 Å². The average molecular weight is 399 g/mol. The quantitative estimate of drug-likeness (QED) is 0.734. The first-order valence-corrected chi connectivity index (χ1v) is 8.11. The van der Waals surface area contributed by atoms with Crippen molar-refractivity contribution in [2.75, 3.05) is 20.8 Å². The van der Waals surface area contributed by atoms with Crippen LogP contribution in [0.5, 0.6) is 11.5 Å². The van der Waals surface area contributed by atoms with Gasteiger partial charge in [0, 0.05) is 18.1 Å². The first kappa shape index (κ1) is 17.6. The Bertz CT molecular complexity index is 676. The van der Waals surface area contributed by atoms with E-state index in [4.69, 9.17) is 21.1 Å². The van der Waals surface area contributed by atoms with Gasteiger partial charge in [-0.15, -0.1) is 0 Å². The number of halogens is 2. The summed E-state index contributed by atoms with van der Waals surface area (Å²) in [6.07, 6.45) is 0. The SMILES string of the molecule is COc1ccc(CN(C)C(=O)COc2ccc(Br)cc2Cl)cc1. The summed E-state index contributed by atoms with van der Waals surface area (Å²) < 4.78 is 11.5. The van der Waals surface area contributed by atoms with Crippen molar-refractivity contribution in [3.63, 3.8) is 0 Å². The van der Waals surface area contributed by atoms with Gasteiger partial charge in [0.2, 0.25) is 0 Å². The molecule has 2 rings (SSSR count). The van der Waals surface area contributed by atoms with Crippen LogP contribution in [0.2, 0.25) is 5.02 Å². The van der Waals surface area contributed by atoms with Gasteiger partial charge >= 0.3 is 0 Å². The van der Waals surface area contributed by atoms with E-state index in [1.54, 1.807) is 31.2 Å². The molecule has 0 aliphatic heterocycles. The van der Waals surface area contributed by atoms with Crippen molar-refractivity contribution in [3.05, 3.63) is 57.5 Å². The second kappa shape index (κ2) is 8.22. The first-order valence-electron chi connectivity index (χ1n) is 6.94. The summed E-state index contributed by atoms with van der Waals surface area (Å²) in [6.45, 7) is 0.439. The lowest BCUT2D eigenvalue weighted by atomic mass is 10.2. The van der Waals surface area contributed by atoms with E-state index in [1.165, 1.54) is 0 Å². The molecule has 0 fully saturated rings. The van der Waals surface area contributed by atoms with E-state index >= 15 is 0 Å². The zero-order valence-corrected chi connectivity index (χ0v) is 15.2. The Morgan fingerprint density at radius 1 is 1.22 bits per heavy atom. The van der Waals surface area contributed by atoms with Crippen LogP contribution in [0.25, 0.3) is 0 Å². The molecule has 0 heterocycles. The Kier molecular flexibility index (Phi) is 6.30. The minimum Gasteiger partial charge on any atom is -0.497 e. The zero-order chi connectivity index (χ0) is 16.8. The number of hydrogen-bond acceptors (Lipinski definition) is 3. The summed E-state index contributed by atoms with van der Waals surface area (Å²) in [5.74, 6) is 1.15. The number of nitrogens with zero attached hydrogens (tertiary/aromatic N) is 1. The summed E-state index contributed by atoms with van der Waals surface area (Å²) in [6, 6.07) is 12.8. The van der Waals surface area contributed by atoms with Gasteiger partial charge in [-0.1, -0.05) is 39.7 Å². The minimum absolute atomic E-state index is 0.0615. The van der Waals surface area contributed by atoms with E-state index in [-0.39, 0.29) is 12.5 Å². The zero-order valence-electron chi connectivity index (χ0n) is 12.9. The lowest BCUT2D eigenvalue weighted by Crippen LogP contribution is -2.30. The lowest BCUT2D eigenvalue weighted by Gasteiger charge is -2.18. The number of ether oxygens (including phenoxy) is 2. The van der Waals surface area contributed by atoms with Crippen molar-refractivity contribution in [3.8, 4) is 11.5 Å². The third-order valence-electron chi connectivity index (χ3n) is 3.25. The van der Waals surface area contributed by atoms with Crippen molar-refractivity contribution in [2.45, 2.75) is 6.54 Å². The molecule has 23 heavy (non-hydrogen) atoms. The van der Waals surface area contributed by atoms with Crippen molar-refractivity contribution in [1.82, 2.24) is 4.90 Å². The molecule has 2 aromatic rings. The number of amides is 1. The number of benzene rings is 2. The van der Waals surface area contributed by atoms with Gasteiger partial charge in [0.25, 0.3) is 5.91 Å². The molecule has 0 aliphatic rings. The van der Waals surface area contributed by atoms with E-state index in [0.29, 0.717) is 17.3 Å². The number of likely N-dealkylation sites (N-methyl/N-ethyl adjacent to an activating group) is 1. The molecular formula is C17H17BrClNO3. The third-order valence-corrected chi connectivity index (χ3v) is 4.04. The number of methoxy groups -OCH3 is 1. The second-order valence-electron chi connectivity index (χ2n) is 4.96. The smallest absolute Gasteiger partial charge is 0.260 e. The lowest BCUT2D eigenvalue weighted by molar-refractivity contribution is -0.132. The Morgan fingerprint density at radius 2 is 1.91 bits per heavy atom. The van der Waals surface area contributed by atoms with E-state index in [9.17, 15) is 4.79 Å². The fraction of sp³-hybridized carbons (Fsp3) is 0.235. The van der Waals surface area contributed by atoms with Gasteiger partial charge in [-0.2, -0.15) is 0 Å². The van der Waals surface area contributed by atoms with Crippen molar-refractivity contribution < 1.29 is 14.3 Å². The van der Waals surface area contributed by atoms with Crippen molar-refractivity contribution >= 4 is 33.4 Å². The van der Waals surface area contributed by atoms with Gasteiger partial charge in [0.05, 0.1) is 12.1 Å². The molecular weight excluding hydrogens is 382 g/mol. The molecule has 0 aromatic heterocycles. The fourth-order valence-electron chi connectivity index (χ4n) is 1.93. The maximum Gasteiger partial charge on any atom is 0.260 e. The normalized spacial score (nSPS) is 10.3. The second-order valence-corrected chi connectivity index (χ2v) is 6.28. The maximum atomic E-state index is 12.1. The Hall–Kier alpha value is -1.72. The highest BCUT2D eigenvalue weighted by atomic mass is 79.9. The minimum atomic E-state index is -0.125. The number of carbonyl (C=O) groups excluding carboxylic acids is 1. The molecule has 0 atom stereocenters. The molecule has 0 saturated heterocycles. The predicted molar refractivity (Wildman–Crippen MR) is 94.1 cm³/mol. The molecule has 122 valence electrons. The van der Waals surface area contributed by atoms with Gasteiger partial charge in [0.1, 0.15) is 11.5 Å². The average Bonchev–Trinajstić information content (AvgIpc) is 2.54. The molecule has 0 radical (unpaired) electrons. The van der Waals surface area contributed by atoms with Gasteiger partial charge in [0.15, 0.2) is 6.61 Å². The highest BCUT2D eigenvalue weighted by molar-refractivity contribution is 9.10. The van der Waals surface area contributed by atoms with Crippen LogP contribution in [-0.2, 0) is 11.3 Å². The van der Waals surface area contributed by atoms with E-state index in [0.717, 1.165) is 15.8 Å². The van der Waals surface area contributed by atoms with Gasteiger partial charge < -0.3 is 14.4 Å². The molecule has 2 aromatic carbocycles. The van der Waals surface area contributed by atoms with Crippen LogP contribution in [0, 0.1) is 0 Å². The standard InChI is InChI=1S/C17H17BrClNO3/c1-20(10-12-3-6-14(22-2)7-4-12)17(21)11-23-16-8-5-13(18)9-15(16)19/h3-9H,10-11H2,1-2H3. The third kappa shape index (κ3) is 5.15. The van der Waals surface area contributed by atoms with E-state index in [1.807, 2.05) is 30.3 Å². The summed E-state index contributed by atoms with van der Waals surface area (Å²) >= 11 is 9.38. The van der Waals surface area contributed by atoms with Gasteiger partial charge in [-0.3, -0.25) is 4.79 Å². The summed E-state index contributed by atoms with van der Waals surface area (Å²) in [4.78, 5) is 13.8. The molecule has 4 nitrogen and oxygen atoms in total. The van der Waals surface area contributed by atoms with Crippen LogP contribution < -0.4 is 9.47 Å². The number of carbonyl (C=O) groups is 1. The first-order chi connectivity index (χ1) is 11.0. The van der Waals surface area contributed by atoms with Crippen LogP contribution in [0.4, 0.5) is 0 Å². The summed E-state index contributed by atoms with van der Waals surface area (Å²) in [5.41, 5.74) is 1.02. The monoisotopic (exact) mass is 397 g/mol. The Morgan fingerprint density at radius 3 is 2.52 bits per heavy atom. The molecule has 6 heteroatoms. The largest absolute Gasteiger partial charge is 0.497 e. The molecule has 0 spiro atoms. The molecule has 0 N–H and O–H groups in total. The molecule has 0 saturated carbocycles.